The normalized spacial score (nSPS) is 15.2. The standard InChI is InChI=1S/C20H20F3NO2S2/c21-20(22,23)13-26-17-8-2-14(3-9-17)12-24-18(25)15-4-6-16(7-5-15)19-27-10-1-11-28-19/h2-9,19H,1,10-13H2,(H,24,25). The van der Waals surface area contributed by atoms with Gasteiger partial charge in [-0.2, -0.15) is 13.2 Å². The Hall–Kier alpha value is -1.80. The fourth-order valence-corrected chi connectivity index (χ4v) is 5.52. The first-order valence-corrected chi connectivity index (χ1v) is 10.9. The molecule has 3 nitrogen and oxygen atoms in total. The largest absolute Gasteiger partial charge is 0.484 e. The summed E-state index contributed by atoms with van der Waals surface area (Å²) in [7, 11) is 0. The van der Waals surface area contributed by atoms with E-state index in [4.69, 9.17) is 0 Å². The van der Waals surface area contributed by atoms with Crippen LogP contribution in [0.5, 0.6) is 5.75 Å². The number of halogens is 3. The number of nitrogens with one attached hydrogen (secondary N) is 1. The zero-order valence-electron chi connectivity index (χ0n) is 15.0. The van der Waals surface area contributed by atoms with Gasteiger partial charge in [0.05, 0.1) is 4.58 Å². The lowest BCUT2D eigenvalue weighted by molar-refractivity contribution is -0.153. The number of hydrogen-bond acceptors (Lipinski definition) is 4. The molecule has 0 spiro atoms. The number of alkyl halides is 3. The number of carbonyl (C=O) groups excluding carboxylic acids is 1. The SMILES string of the molecule is O=C(NCc1ccc(OCC(F)(F)F)cc1)c1ccc(C2SCCCS2)cc1. The fraction of sp³-hybridized carbons (Fsp3) is 0.350. The van der Waals surface area contributed by atoms with Crippen LogP contribution in [-0.2, 0) is 6.54 Å². The van der Waals surface area contributed by atoms with Gasteiger partial charge in [-0.05, 0) is 53.3 Å². The van der Waals surface area contributed by atoms with Gasteiger partial charge in [-0.1, -0.05) is 24.3 Å². The highest BCUT2D eigenvalue weighted by Gasteiger charge is 2.28. The minimum absolute atomic E-state index is 0.140. The van der Waals surface area contributed by atoms with E-state index in [9.17, 15) is 18.0 Å². The van der Waals surface area contributed by atoms with Gasteiger partial charge in [0.2, 0.25) is 0 Å². The van der Waals surface area contributed by atoms with Gasteiger partial charge in [-0.25, -0.2) is 0 Å². The summed E-state index contributed by atoms with van der Waals surface area (Å²) in [5, 5.41) is 2.82. The molecule has 0 atom stereocenters. The van der Waals surface area contributed by atoms with Crippen molar-refractivity contribution in [3.8, 4) is 5.75 Å². The van der Waals surface area contributed by atoms with Gasteiger partial charge < -0.3 is 10.1 Å². The number of amides is 1. The van der Waals surface area contributed by atoms with Crippen molar-refractivity contribution >= 4 is 29.4 Å². The molecule has 1 amide bonds. The number of hydrogen-bond donors (Lipinski definition) is 1. The van der Waals surface area contributed by atoms with E-state index in [0.29, 0.717) is 10.1 Å². The Labute approximate surface area is 170 Å². The zero-order chi connectivity index (χ0) is 20.0. The molecule has 1 saturated heterocycles. The van der Waals surface area contributed by atoms with Crippen molar-refractivity contribution in [2.75, 3.05) is 18.1 Å². The lowest BCUT2D eigenvalue weighted by Crippen LogP contribution is -2.22. The van der Waals surface area contributed by atoms with E-state index in [1.54, 1.807) is 12.1 Å². The van der Waals surface area contributed by atoms with Gasteiger partial charge in [-0.15, -0.1) is 23.5 Å². The number of benzene rings is 2. The molecule has 0 saturated carbocycles. The molecule has 2 aromatic carbocycles. The van der Waals surface area contributed by atoms with Crippen molar-refractivity contribution in [1.29, 1.82) is 0 Å². The maximum atomic E-state index is 12.3. The molecule has 0 bridgehead atoms. The number of ether oxygens (including phenoxy) is 1. The third kappa shape index (κ3) is 6.38. The summed E-state index contributed by atoms with van der Waals surface area (Å²) < 4.78 is 41.5. The van der Waals surface area contributed by atoms with E-state index in [-0.39, 0.29) is 18.2 Å². The van der Waals surface area contributed by atoms with Gasteiger partial charge in [0, 0.05) is 12.1 Å². The van der Waals surface area contributed by atoms with Crippen LogP contribution in [0, 0.1) is 0 Å². The molecule has 0 aliphatic carbocycles. The number of thioether (sulfide) groups is 2. The highest BCUT2D eigenvalue weighted by Crippen LogP contribution is 2.43. The van der Waals surface area contributed by atoms with Crippen molar-refractivity contribution < 1.29 is 22.7 Å². The monoisotopic (exact) mass is 427 g/mol. The molecular weight excluding hydrogens is 407 g/mol. The lowest BCUT2D eigenvalue weighted by Gasteiger charge is -2.21. The quantitative estimate of drug-likeness (QED) is 0.668. The molecule has 2 aromatic rings. The Morgan fingerprint density at radius 2 is 1.68 bits per heavy atom. The van der Waals surface area contributed by atoms with Gasteiger partial charge in [0.1, 0.15) is 5.75 Å². The van der Waals surface area contributed by atoms with E-state index in [1.807, 2.05) is 47.8 Å². The van der Waals surface area contributed by atoms with Gasteiger partial charge in [0.25, 0.3) is 5.91 Å². The van der Waals surface area contributed by atoms with Crippen molar-refractivity contribution in [2.45, 2.75) is 23.7 Å². The van der Waals surface area contributed by atoms with Crippen LogP contribution in [0.4, 0.5) is 13.2 Å². The van der Waals surface area contributed by atoms with E-state index in [1.165, 1.54) is 35.6 Å². The highest BCUT2D eigenvalue weighted by molar-refractivity contribution is 8.16. The summed E-state index contributed by atoms with van der Waals surface area (Å²) in [6.45, 7) is -1.04. The van der Waals surface area contributed by atoms with Gasteiger partial charge in [0.15, 0.2) is 6.61 Å². The summed E-state index contributed by atoms with van der Waals surface area (Å²) in [6, 6.07) is 13.8. The molecule has 1 N–H and O–H groups in total. The van der Waals surface area contributed by atoms with Crippen LogP contribution in [-0.4, -0.2) is 30.2 Å². The predicted octanol–water partition coefficient (Wildman–Crippen LogP) is 5.43. The smallest absolute Gasteiger partial charge is 0.422 e. The van der Waals surface area contributed by atoms with E-state index in [0.717, 1.165) is 5.56 Å². The summed E-state index contributed by atoms with van der Waals surface area (Å²) in [5.74, 6) is 2.29. The summed E-state index contributed by atoms with van der Waals surface area (Å²) in [5.41, 5.74) is 2.58. The first-order valence-electron chi connectivity index (χ1n) is 8.80. The molecule has 0 radical (unpaired) electrons. The molecule has 8 heteroatoms. The minimum Gasteiger partial charge on any atom is -0.484 e. The van der Waals surface area contributed by atoms with Crippen LogP contribution < -0.4 is 10.1 Å². The van der Waals surface area contributed by atoms with Gasteiger partial charge >= 0.3 is 6.18 Å². The Bertz CT molecular complexity index is 774. The van der Waals surface area contributed by atoms with Crippen LogP contribution in [0.1, 0.15) is 32.5 Å². The molecule has 1 aliphatic heterocycles. The Morgan fingerprint density at radius 3 is 2.29 bits per heavy atom. The van der Waals surface area contributed by atoms with Crippen LogP contribution in [0.15, 0.2) is 48.5 Å². The number of rotatable bonds is 6. The molecule has 1 fully saturated rings. The van der Waals surface area contributed by atoms with Crippen LogP contribution in [0.25, 0.3) is 0 Å². The minimum atomic E-state index is -4.36. The highest BCUT2D eigenvalue weighted by atomic mass is 32.2. The lowest BCUT2D eigenvalue weighted by atomic mass is 10.1. The second-order valence-electron chi connectivity index (χ2n) is 6.28. The summed E-state index contributed by atoms with van der Waals surface area (Å²) in [6.07, 6.45) is -3.13. The van der Waals surface area contributed by atoms with E-state index in [2.05, 4.69) is 10.1 Å². The summed E-state index contributed by atoms with van der Waals surface area (Å²) >= 11 is 3.87. The summed E-state index contributed by atoms with van der Waals surface area (Å²) in [4.78, 5) is 12.3. The first-order chi connectivity index (χ1) is 13.4. The Morgan fingerprint density at radius 1 is 1.04 bits per heavy atom. The van der Waals surface area contributed by atoms with Crippen molar-refractivity contribution in [1.82, 2.24) is 5.32 Å². The molecule has 3 rings (SSSR count). The maximum absolute atomic E-state index is 12.3. The van der Waals surface area contributed by atoms with E-state index >= 15 is 0 Å². The van der Waals surface area contributed by atoms with Crippen LogP contribution in [0.3, 0.4) is 0 Å². The fourth-order valence-electron chi connectivity index (χ4n) is 2.62. The Balaban J connectivity index is 1.49. The van der Waals surface area contributed by atoms with Crippen molar-refractivity contribution in [3.05, 3.63) is 65.2 Å². The second-order valence-corrected chi connectivity index (χ2v) is 9.00. The first kappa shape index (κ1) is 20.9. The topological polar surface area (TPSA) is 38.3 Å². The zero-order valence-corrected chi connectivity index (χ0v) is 16.6. The predicted molar refractivity (Wildman–Crippen MR) is 108 cm³/mol. The molecule has 150 valence electrons. The molecule has 1 heterocycles. The second kappa shape index (κ2) is 9.60. The van der Waals surface area contributed by atoms with Crippen molar-refractivity contribution in [3.63, 3.8) is 0 Å². The van der Waals surface area contributed by atoms with E-state index < -0.39 is 12.8 Å². The average Bonchev–Trinajstić information content (AvgIpc) is 2.71. The molecule has 28 heavy (non-hydrogen) atoms. The third-order valence-corrected chi connectivity index (χ3v) is 7.07. The number of carbonyl (C=O) groups is 1. The average molecular weight is 428 g/mol. The Kier molecular flexibility index (Phi) is 7.18. The third-order valence-electron chi connectivity index (χ3n) is 4.05. The molecule has 1 aliphatic rings. The van der Waals surface area contributed by atoms with Gasteiger partial charge in [-0.3, -0.25) is 4.79 Å². The molecule has 0 unspecified atom stereocenters. The van der Waals surface area contributed by atoms with Crippen molar-refractivity contribution in [2.24, 2.45) is 0 Å². The van der Waals surface area contributed by atoms with Crippen LogP contribution in [0.2, 0.25) is 0 Å². The molecular formula is C20H20F3NO2S2. The maximum Gasteiger partial charge on any atom is 0.422 e. The van der Waals surface area contributed by atoms with Crippen LogP contribution >= 0.6 is 23.5 Å². The molecule has 0 aromatic heterocycles.